The van der Waals surface area contributed by atoms with Crippen molar-refractivity contribution in [1.29, 1.82) is 5.26 Å². The minimum absolute atomic E-state index is 0.0291. The van der Waals surface area contributed by atoms with Gasteiger partial charge in [-0.25, -0.2) is 9.07 Å². The molecule has 16 heavy (non-hydrogen) atoms. The smallest absolute Gasteiger partial charge is 0.143 e. The summed E-state index contributed by atoms with van der Waals surface area (Å²) < 4.78 is 19.8. The Kier molecular flexibility index (Phi) is 2.79. The van der Waals surface area contributed by atoms with Crippen LogP contribution in [0.5, 0.6) is 0 Å². The van der Waals surface area contributed by atoms with Crippen LogP contribution in [0, 0.1) is 17.1 Å². The summed E-state index contributed by atoms with van der Waals surface area (Å²) in [4.78, 5) is 0. The average Bonchev–Trinajstić information content (AvgIpc) is 2.70. The third-order valence-electron chi connectivity index (χ3n) is 2.24. The molecule has 0 N–H and O–H groups in total. The van der Waals surface area contributed by atoms with Gasteiger partial charge in [-0.15, -0.1) is 5.10 Å². The van der Waals surface area contributed by atoms with Gasteiger partial charge in [-0.2, -0.15) is 5.26 Å². The van der Waals surface area contributed by atoms with Gasteiger partial charge in [-0.3, -0.25) is 0 Å². The summed E-state index contributed by atoms with van der Waals surface area (Å²) in [6.07, 6.45) is 0. The molecular weight excluding hydrogens is 211 g/mol. The summed E-state index contributed by atoms with van der Waals surface area (Å²) in [6, 6.07) is 4.54. The van der Waals surface area contributed by atoms with Crippen LogP contribution < -0.4 is 0 Å². The SMILES string of the molecule is COCCn1nnc2ccc(F)c(C#N)c21. The van der Waals surface area contributed by atoms with Gasteiger partial charge in [0.1, 0.15) is 28.5 Å². The van der Waals surface area contributed by atoms with Crippen molar-refractivity contribution in [3.63, 3.8) is 0 Å². The molecule has 82 valence electrons. The van der Waals surface area contributed by atoms with Crippen LogP contribution in [-0.2, 0) is 11.3 Å². The molecule has 0 saturated carbocycles. The molecule has 2 rings (SSSR count). The predicted octanol–water partition coefficient (Wildman–Crippen LogP) is 1.09. The number of nitriles is 1. The summed E-state index contributed by atoms with van der Waals surface area (Å²) in [5.41, 5.74) is 0.896. The third kappa shape index (κ3) is 1.61. The van der Waals surface area contributed by atoms with E-state index in [1.54, 1.807) is 7.11 Å². The monoisotopic (exact) mass is 220 g/mol. The van der Waals surface area contributed by atoms with Crippen molar-refractivity contribution in [1.82, 2.24) is 15.0 Å². The third-order valence-corrected chi connectivity index (χ3v) is 2.24. The van der Waals surface area contributed by atoms with E-state index in [0.717, 1.165) is 0 Å². The highest BCUT2D eigenvalue weighted by molar-refractivity contribution is 5.81. The second kappa shape index (κ2) is 4.24. The number of benzene rings is 1. The van der Waals surface area contributed by atoms with Gasteiger partial charge in [0.2, 0.25) is 0 Å². The highest BCUT2D eigenvalue weighted by Crippen LogP contribution is 2.18. The van der Waals surface area contributed by atoms with Gasteiger partial charge in [0.15, 0.2) is 0 Å². The van der Waals surface area contributed by atoms with E-state index >= 15 is 0 Å². The molecule has 5 nitrogen and oxygen atoms in total. The lowest BCUT2D eigenvalue weighted by Gasteiger charge is -2.02. The number of halogens is 1. The molecule has 0 unspecified atom stereocenters. The molecule has 2 aromatic rings. The molecule has 0 radical (unpaired) electrons. The van der Waals surface area contributed by atoms with Gasteiger partial charge in [-0.1, -0.05) is 5.21 Å². The van der Waals surface area contributed by atoms with Gasteiger partial charge >= 0.3 is 0 Å². The Morgan fingerprint density at radius 1 is 1.56 bits per heavy atom. The fraction of sp³-hybridized carbons (Fsp3) is 0.300. The molecule has 0 spiro atoms. The number of nitrogens with zero attached hydrogens (tertiary/aromatic N) is 4. The van der Waals surface area contributed by atoms with Gasteiger partial charge in [0.05, 0.1) is 13.2 Å². The van der Waals surface area contributed by atoms with Crippen molar-refractivity contribution < 1.29 is 9.13 Å². The molecule has 1 aromatic carbocycles. The van der Waals surface area contributed by atoms with Crippen molar-refractivity contribution in [2.24, 2.45) is 0 Å². The fourth-order valence-corrected chi connectivity index (χ4v) is 1.49. The first kappa shape index (κ1) is 10.5. The zero-order valence-corrected chi connectivity index (χ0v) is 8.64. The molecule has 0 bridgehead atoms. The van der Waals surface area contributed by atoms with E-state index in [2.05, 4.69) is 10.3 Å². The lowest BCUT2D eigenvalue weighted by atomic mass is 10.2. The van der Waals surface area contributed by atoms with Gasteiger partial charge < -0.3 is 4.74 Å². The van der Waals surface area contributed by atoms with Crippen LogP contribution in [0.2, 0.25) is 0 Å². The maximum atomic E-state index is 13.4. The van der Waals surface area contributed by atoms with Crippen molar-refractivity contribution in [3.05, 3.63) is 23.5 Å². The zero-order chi connectivity index (χ0) is 11.5. The molecule has 0 aliphatic carbocycles. The van der Waals surface area contributed by atoms with Crippen LogP contribution in [0.25, 0.3) is 11.0 Å². The number of hydrogen-bond donors (Lipinski definition) is 0. The molecular formula is C10H9FN4O. The molecule has 0 saturated heterocycles. The number of rotatable bonds is 3. The lowest BCUT2D eigenvalue weighted by molar-refractivity contribution is 0.184. The van der Waals surface area contributed by atoms with Crippen LogP contribution >= 0.6 is 0 Å². The van der Waals surface area contributed by atoms with Crippen molar-refractivity contribution in [2.45, 2.75) is 6.54 Å². The van der Waals surface area contributed by atoms with Crippen LogP contribution in [0.15, 0.2) is 12.1 Å². The van der Waals surface area contributed by atoms with Gasteiger partial charge in [-0.05, 0) is 12.1 Å². The molecule has 1 heterocycles. The minimum Gasteiger partial charge on any atom is -0.383 e. The van der Waals surface area contributed by atoms with E-state index in [-0.39, 0.29) is 5.56 Å². The Balaban J connectivity index is 2.60. The van der Waals surface area contributed by atoms with Crippen molar-refractivity contribution in [2.75, 3.05) is 13.7 Å². The Labute approximate surface area is 91.0 Å². The van der Waals surface area contributed by atoms with E-state index in [9.17, 15) is 4.39 Å². The first-order valence-electron chi connectivity index (χ1n) is 4.68. The Morgan fingerprint density at radius 3 is 3.06 bits per heavy atom. The number of fused-ring (bicyclic) bond motifs is 1. The highest BCUT2D eigenvalue weighted by atomic mass is 19.1. The molecule has 0 aliphatic heterocycles. The molecule has 1 aromatic heterocycles. The summed E-state index contributed by atoms with van der Waals surface area (Å²) in [7, 11) is 1.56. The van der Waals surface area contributed by atoms with E-state index in [4.69, 9.17) is 10.00 Å². The summed E-state index contributed by atoms with van der Waals surface area (Å²) >= 11 is 0. The molecule has 0 fully saturated rings. The number of aromatic nitrogens is 3. The number of hydrogen-bond acceptors (Lipinski definition) is 4. The highest BCUT2D eigenvalue weighted by Gasteiger charge is 2.13. The van der Waals surface area contributed by atoms with Crippen LogP contribution in [0.4, 0.5) is 4.39 Å². The Hall–Kier alpha value is -2.00. The van der Waals surface area contributed by atoms with Gasteiger partial charge in [0.25, 0.3) is 0 Å². The molecule has 0 aliphatic rings. The van der Waals surface area contributed by atoms with Crippen molar-refractivity contribution >= 4 is 11.0 Å². The normalized spacial score (nSPS) is 10.6. The molecule has 6 heteroatoms. The Morgan fingerprint density at radius 2 is 2.38 bits per heavy atom. The Bertz CT molecular complexity index is 558. The van der Waals surface area contributed by atoms with E-state index in [1.807, 2.05) is 6.07 Å². The van der Waals surface area contributed by atoms with E-state index in [1.165, 1.54) is 16.8 Å². The van der Waals surface area contributed by atoms with Crippen LogP contribution in [0.3, 0.4) is 0 Å². The summed E-state index contributed by atoms with van der Waals surface area (Å²) in [5, 5.41) is 16.6. The average molecular weight is 220 g/mol. The summed E-state index contributed by atoms with van der Waals surface area (Å²) in [6.45, 7) is 0.866. The molecule has 0 amide bonds. The van der Waals surface area contributed by atoms with Crippen molar-refractivity contribution in [3.8, 4) is 6.07 Å². The molecule has 0 atom stereocenters. The number of methoxy groups -OCH3 is 1. The zero-order valence-electron chi connectivity index (χ0n) is 8.64. The lowest BCUT2D eigenvalue weighted by Crippen LogP contribution is -2.07. The second-order valence-corrected chi connectivity index (χ2v) is 3.21. The van der Waals surface area contributed by atoms with Crippen LogP contribution in [0.1, 0.15) is 5.56 Å². The quantitative estimate of drug-likeness (QED) is 0.776. The maximum absolute atomic E-state index is 13.4. The second-order valence-electron chi connectivity index (χ2n) is 3.21. The van der Waals surface area contributed by atoms with Gasteiger partial charge in [0, 0.05) is 7.11 Å². The predicted molar refractivity (Wildman–Crippen MR) is 54.1 cm³/mol. The minimum atomic E-state index is -0.559. The largest absolute Gasteiger partial charge is 0.383 e. The fourth-order valence-electron chi connectivity index (χ4n) is 1.49. The number of ether oxygens (including phenoxy) is 1. The van der Waals surface area contributed by atoms with Crippen LogP contribution in [-0.4, -0.2) is 28.7 Å². The van der Waals surface area contributed by atoms with E-state index in [0.29, 0.717) is 24.2 Å². The first-order valence-corrected chi connectivity index (χ1v) is 4.68. The summed E-state index contributed by atoms with van der Waals surface area (Å²) in [5.74, 6) is -0.559. The maximum Gasteiger partial charge on any atom is 0.143 e. The first-order chi connectivity index (χ1) is 7.77. The van der Waals surface area contributed by atoms with E-state index < -0.39 is 5.82 Å². The standard InChI is InChI=1S/C10H9FN4O/c1-16-5-4-15-10-7(6-12)8(11)2-3-9(10)13-14-15/h2-3H,4-5H2,1H3. The topological polar surface area (TPSA) is 63.7 Å².